The summed E-state index contributed by atoms with van der Waals surface area (Å²) in [4.78, 5) is 15.4. The van der Waals surface area contributed by atoms with Gasteiger partial charge in [0.25, 0.3) is 5.91 Å². The number of rotatable bonds is 5. The van der Waals surface area contributed by atoms with Gasteiger partial charge in [0.05, 0.1) is 15.3 Å². The molecule has 1 atom stereocenters. The molecule has 1 unspecified atom stereocenters. The molecule has 0 spiro atoms. The van der Waals surface area contributed by atoms with Gasteiger partial charge in [-0.25, -0.2) is 0 Å². The summed E-state index contributed by atoms with van der Waals surface area (Å²) in [6.07, 6.45) is 2.47. The lowest BCUT2D eigenvalue weighted by molar-refractivity contribution is 0.0942. The highest BCUT2D eigenvalue weighted by Gasteiger charge is 2.24. The van der Waals surface area contributed by atoms with E-state index in [9.17, 15) is 4.79 Å². The van der Waals surface area contributed by atoms with Crippen LogP contribution in [0.3, 0.4) is 0 Å². The predicted octanol–water partition coefficient (Wildman–Crippen LogP) is 3.97. The van der Waals surface area contributed by atoms with Crippen LogP contribution in [0.1, 0.15) is 34.1 Å². The van der Waals surface area contributed by atoms with Crippen molar-refractivity contribution in [3.05, 3.63) is 57.2 Å². The minimum Gasteiger partial charge on any atom is -0.349 e. The second-order valence-electron chi connectivity index (χ2n) is 5.48. The van der Waals surface area contributed by atoms with E-state index in [4.69, 9.17) is 11.6 Å². The topological polar surface area (TPSA) is 32.3 Å². The number of carbonyl (C=O) groups excluding carboxylic acids is 1. The van der Waals surface area contributed by atoms with Crippen LogP contribution in [0.4, 0.5) is 0 Å². The number of halogens is 1. The summed E-state index contributed by atoms with van der Waals surface area (Å²) in [5.41, 5.74) is 1.26. The molecule has 2 aromatic rings. The smallest absolute Gasteiger partial charge is 0.261 e. The fourth-order valence-electron chi connectivity index (χ4n) is 2.90. The van der Waals surface area contributed by atoms with Crippen molar-refractivity contribution in [2.75, 3.05) is 19.6 Å². The fraction of sp³-hybridized carbons (Fsp3) is 0.353. The second kappa shape index (κ2) is 7.27. The maximum atomic E-state index is 12.2. The number of thiophene rings is 1. The third-order valence-corrected chi connectivity index (χ3v) is 5.25. The largest absolute Gasteiger partial charge is 0.349 e. The third kappa shape index (κ3) is 3.69. The number of likely N-dealkylation sites (tertiary alicyclic amines) is 1. The average molecular weight is 335 g/mol. The van der Waals surface area contributed by atoms with Crippen molar-refractivity contribution >= 4 is 28.8 Å². The number of benzene rings is 1. The molecule has 3 rings (SSSR count). The molecule has 1 amide bonds. The van der Waals surface area contributed by atoms with Crippen LogP contribution in [-0.2, 0) is 0 Å². The first-order valence-electron chi connectivity index (χ1n) is 7.56. The molecule has 0 aliphatic carbocycles. The number of nitrogens with zero attached hydrogens (tertiary/aromatic N) is 1. The molecule has 5 heteroatoms. The van der Waals surface area contributed by atoms with Gasteiger partial charge in [-0.3, -0.25) is 9.69 Å². The quantitative estimate of drug-likeness (QED) is 0.897. The van der Waals surface area contributed by atoms with Gasteiger partial charge in [-0.2, -0.15) is 0 Å². The summed E-state index contributed by atoms with van der Waals surface area (Å²) in [7, 11) is 0. The zero-order valence-corrected chi connectivity index (χ0v) is 13.9. The van der Waals surface area contributed by atoms with Crippen LogP contribution in [0.5, 0.6) is 0 Å². The molecule has 3 nitrogen and oxygen atoms in total. The zero-order chi connectivity index (χ0) is 15.4. The minimum atomic E-state index is -0.0444. The van der Waals surface area contributed by atoms with Gasteiger partial charge in [0, 0.05) is 6.54 Å². The van der Waals surface area contributed by atoms with Crippen LogP contribution in [0.2, 0.25) is 4.34 Å². The summed E-state index contributed by atoms with van der Waals surface area (Å²) >= 11 is 7.21. The molecule has 1 aliphatic rings. The van der Waals surface area contributed by atoms with Crippen LogP contribution in [0.25, 0.3) is 0 Å². The Bertz CT molecular complexity index is 623. The van der Waals surface area contributed by atoms with Crippen LogP contribution >= 0.6 is 22.9 Å². The third-order valence-electron chi connectivity index (χ3n) is 4.02. The fourth-order valence-corrected chi connectivity index (χ4v) is 3.86. The Balaban J connectivity index is 1.69. The number of amides is 1. The Morgan fingerprint density at radius 2 is 1.91 bits per heavy atom. The van der Waals surface area contributed by atoms with E-state index in [0.717, 1.165) is 13.1 Å². The molecule has 0 bridgehead atoms. The van der Waals surface area contributed by atoms with E-state index in [2.05, 4.69) is 34.5 Å². The van der Waals surface area contributed by atoms with Crippen molar-refractivity contribution in [2.24, 2.45) is 0 Å². The Labute approximate surface area is 139 Å². The Hall–Kier alpha value is -1.36. The number of hydrogen-bond acceptors (Lipinski definition) is 3. The molecule has 1 fully saturated rings. The first kappa shape index (κ1) is 15.5. The summed E-state index contributed by atoms with van der Waals surface area (Å²) in [5, 5.41) is 3.06. The van der Waals surface area contributed by atoms with Crippen molar-refractivity contribution in [3.8, 4) is 0 Å². The maximum absolute atomic E-state index is 12.2. The van der Waals surface area contributed by atoms with Gasteiger partial charge in [-0.1, -0.05) is 41.9 Å². The highest BCUT2D eigenvalue weighted by Crippen LogP contribution is 2.25. The SMILES string of the molecule is O=C(NCC(c1ccccc1)N1CCCC1)c1ccc(Cl)s1. The minimum absolute atomic E-state index is 0.0444. The van der Waals surface area contributed by atoms with Crippen LogP contribution < -0.4 is 5.32 Å². The Morgan fingerprint density at radius 1 is 1.18 bits per heavy atom. The zero-order valence-electron chi connectivity index (χ0n) is 12.3. The lowest BCUT2D eigenvalue weighted by atomic mass is 10.1. The Morgan fingerprint density at radius 3 is 2.55 bits per heavy atom. The van der Waals surface area contributed by atoms with Gasteiger partial charge in [0.15, 0.2) is 0 Å². The van der Waals surface area contributed by atoms with Gasteiger partial charge in [0.1, 0.15) is 0 Å². The van der Waals surface area contributed by atoms with E-state index >= 15 is 0 Å². The van der Waals surface area contributed by atoms with Crippen molar-refractivity contribution in [2.45, 2.75) is 18.9 Å². The molecule has 1 aliphatic heterocycles. The van der Waals surface area contributed by atoms with Crippen molar-refractivity contribution < 1.29 is 4.79 Å². The highest BCUT2D eigenvalue weighted by molar-refractivity contribution is 7.17. The predicted molar refractivity (Wildman–Crippen MR) is 91.7 cm³/mol. The van der Waals surface area contributed by atoms with Gasteiger partial charge < -0.3 is 5.32 Å². The van der Waals surface area contributed by atoms with Gasteiger partial charge in [-0.05, 0) is 43.6 Å². The molecule has 2 heterocycles. The standard InChI is InChI=1S/C17H19ClN2OS/c18-16-9-8-15(22-16)17(21)19-12-14(20-10-4-5-11-20)13-6-2-1-3-7-13/h1-3,6-9,14H,4-5,10-12H2,(H,19,21). The average Bonchev–Trinajstić information content (AvgIpc) is 3.20. The van der Waals surface area contributed by atoms with E-state index in [1.807, 2.05) is 6.07 Å². The van der Waals surface area contributed by atoms with Crippen molar-refractivity contribution in [3.63, 3.8) is 0 Å². The normalized spacial score (nSPS) is 16.6. The second-order valence-corrected chi connectivity index (χ2v) is 7.20. The lowest BCUT2D eigenvalue weighted by Crippen LogP contribution is -2.36. The van der Waals surface area contributed by atoms with Gasteiger partial charge in [0.2, 0.25) is 0 Å². The van der Waals surface area contributed by atoms with Gasteiger partial charge >= 0.3 is 0 Å². The first-order chi connectivity index (χ1) is 10.7. The van der Waals surface area contributed by atoms with E-state index in [-0.39, 0.29) is 11.9 Å². The molecule has 116 valence electrons. The molecule has 22 heavy (non-hydrogen) atoms. The highest BCUT2D eigenvalue weighted by atomic mass is 35.5. The van der Waals surface area contributed by atoms with E-state index in [1.165, 1.54) is 29.7 Å². The summed E-state index contributed by atoms with van der Waals surface area (Å²) in [6, 6.07) is 14.2. The molecule has 0 radical (unpaired) electrons. The molecule has 0 saturated carbocycles. The number of hydrogen-bond donors (Lipinski definition) is 1. The summed E-state index contributed by atoms with van der Waals surface area (Å²) in [5.74, 6) is -0.0444. The van der Waals surface area contributed by atoms with Crippen molar-refractivity contribution in [1.82, 2.24) is 10.2 Å². The van der Waals surface area contributed by atoms with Crippen LogP contribution in [0, 0.1) is 0 Å². The summed E-state index contributed by atoms with van der Waals surface area (Å²) < 4.78 is 0.643. The first-order valence-corrected chi connectivity index (χ1v) is 8.76. The molecule has 1 aromatic heterocycles. The maximum Gasteiger partial charge on any atom is 0.261 e. The molecular formula is C17H19ClN2OS. The van der Waals surface area contributed by atoms with E-state index in [1.54, 1.807) is 12.1 Å². The number of carbonyl (C=O) groups is 1. The van der Waals surface area contributed by atoms with Gasteiger partial charge in [-0.15, -0.1) is 11.3 Å². The lowest BCUT2D eigenvalue weighted by Gasteiger charge is -2.28. The monoisotopic (exact) mass is 334 g/mol. The molecule has 1 aromatic carbocycles. The van der Waals surface area contributed by atoms with Crippen molar-refractivity contribution in [1.29, 1.82) is 0 Å². The molecule has 1 N–H and O–H groups in total. The molecule has 1 saturated heterocycles. The Kier molecular flexibility index (Phi) is 5.13. The van der Waals surface area contributed by atoms with Crippen LogP contribution in [0.15, 0.2) is 42.5 Å². The van der Waals surface area contributed by atoms with E-state index in [0.29, 0.717) is 15.8 Å². The molecular weight excluding hydrogens is 316 g/mol. The van der Waals surface area contributed by atoms with Crippen LogP contribution in [-0.4, -0.2) is 30.4 Å². The van der Waals surface area contributed by atoms with E-state index < -0.39 is 0 Å². The number of nitrogens with one attached hydrogen (secondary N) is 1. The summed E-state index contributed by atoms with van der Waals surface area (Å²) in [6.45, 7) is 2.82.